The summed E-state index contributed by atoms with van der Waals surface area (Å²) in [6.07, 6.45) is 3.68. The maximum absolute atomic E-state index is 10.5. The van der Waals surface area contributed by atoms with E-state index < -0.39 is 5.97 Å². The number of rotatable bonds is 7. The predicted octanol–water partition coefficient (Wildman–Crippen LogP) is 1.27. The highest BCUT2D eigenvalue weighted by atomic mass is 16.4. The van der Waals surface area contributed by atoms with Crippen molar-refractivity contribution >= 4 is 5.97 Å². The van der Waals surface area contributed by atoms with Crippen molar-refractivity contribution < 1.29 is 9.90 Å². The molecule has 0 bridgehead atoms. The van der Waals surface area contributed by atoms with Gasteiger partial charge in [0.1, 0.15) is 0 Å². The van der Waals surface area contributed by atoms with Gasteiger partial charge < -0.3 is 14.9 Å². The van der Waals surface area contributed by atoms with Gasteiger partial charge in [-0.15, -0.1) is 0 Å². The zero-order valence-electron chi connectivity index (χ0n) is 10.5. The highest BCUT2D eigenvalue weighted by Gasteiger charge is 2.14. The van der Waals surface area contributed by atoms with Gasteiger partial charge in [-0.05, 0) is 46.3 Å². The molecular formula is C12H24N2O2. The van der Waals surface area contributed by atoms with Crippen molar-refractivity contribution in [3.05, 3.63) is 0 Å². The SMILES string of the molecule is CC(CCC(=O)O)N(C)CCN1CCCC1. The van der Waals surface area contributed by atoms with Crippen LogP contribution in [0.2, 0.25) is 0 Å². The predicted molar refractivity (Wildman–Crippen MR) is 64.6 cm³/mol. The second kappa shape index (κ2) is 6.86. The van der Waals surface area contributed by atoms with Crippen LogP contribution in [0, 0.1) is 0 Å². The zero-order valence-corrected chi connectivity index (χ0v) is 10.5. The Morgan fingerprint density at radius 1 is 1.44 bits per heavy atom. The Balaban J connectivity index is 2.12. The van der Waals surface area contributed by atoms with Crippen molar-refractivity contribution in [3.63, 3.8) is 0 Å². The molecule has 1 aliphatic heterocycles. The molecule has 0 aliphatic carbocycles. The van der Waals surface area contributed by atoms with Gasteiger partial charge in [0.2, 0.25) is 0 Å². The second-order valence-corrected chi connectivity index (χ2v) is 4.81. The number of hydrogen-bond acceptors (Lipinski definition) is 3. The first kappa shape index (κ1) is 13.5. The Kier molecular flexibility index (Phi) is 5.77. The van der Waals surface area contributed by atoms with Gasteiger partial charge in [-0.1, -0.05) is 0 Å². The summed E-state index contributed by atoms with van der Waals surface area (Å²) in [6, 6.07) is 0.360. The van der Waals surface area contributed by atoms with Gasteiger partial charge in [0, 0.05) is 25.6 Å². The fourth-order valence-corrected chi connectivity index (χ4v) is 2.08. The molecule has 1 unspecified atom stereocenters. The summed E-state index contributed by atoms with van der Waals surface area (Å²) in [5, 5.41) is 8.62. The highest BCUT2D eigenvalue weighted by Crippen LogP contribution is 2.08. The molecule has 1 heterocycles. The van der Waals surface area contributed by atoms with Gasteiger partial charge >= 0.3 is 5.97 Å². The second-order valence-electron chi connectivity index (χ2n) is 4.81. The number of hydrogen-bond donors (Lipinski definition) is 1. The van der Waals surface area contributed by atoms with Crippen LogP contribution in [0.25, 0.3) is 0 Å². The molecule has 4 heteroatoms. The molecule has 1 rings (SSSR count). The Morgan fingerprint density at radius 2 is 2.06 bits per heavy atom. The fraction of sp³-hybridized carbons (Fsp3) is 0.917. The van der Waals surface area contributed by atoms with Gasteiger partial charge in [0.15, 0.2) is 0 Å². The van der Waals surface area contributed by atoms with E-state index in [4.69, 9.17) is 5.11 Å². The van der Waals surface area contributed by atoms with Crippen LogP contribution in [-0.2, 0) is 4.79 Å². The van der Waals surface area contributed by atoms with Crippen molar-refractivity contribution in [1.82, 2.24) is 9.80 Å². The minimum absolute atomic E-state index is 0.273. The molecular weight excluding hydrogens is 204 g/mol. The van der Waals surface area contributed by atoms with Crippen LogP contribution >= 0.6 is 0 Å². The fourth-order valence-electron chi connectivity index (χ4n) is 2.08. The number of likely N-dealkylation sites (N-methyl/N-ethyl adjacent to an activating group) is 1. The van der Waals surface area contributed by atoms with Gasteiger partial charge in [0.25, 0.3) is 0 Å². The number of carbonyl (C=O) groups is 1. The normalized spacial score (nSPS) is 19.2. The standard InChI is InChI=1S/C12H24N2O2/c1-11(5-6-12(15)16)13(2)9-10-14-7-3-4-8-14/h11H,3-10H2,1-2H3,(H,15,16). The lowest BCUT2D eigenvalue weighted by Gasteiger charge is -2.26. The Bertz CT molecular complexity index is 215. The maximum atomic E-state index is 10.5. The summed E-state index contributed by atoms with van der Waals surface area (Å²) >= 11 is 0. The smallest absolute Gasteiger partial charge is 0.303 e. The minimum atomic E-state index is -0.695. The molecule has 1 fully saturated rings. The van der Waals surface area contributed by atoms with E-state index in [-0.39, 0.29) is 6.42 Å². The van der Waals surface area contributed by atoms with E-state index in [1.807, 2.05) is 0 Å². The van der Waals surface area contributed by atoms with E-state index in [9.17, 15) is 4.79 Å². The first-order valence-corrected chi connectivity index (χ1v) is 6.24. The third kappa shape index (κ3) is 4.94. The lowest BCUT2D eigenvalue weighted by atomic mass is 10.1. The van der Waals surface area contributed by atoms with Gasteiger partial charge in [-0.2, -0.15) is 0 Å². The Hall–Kier alpha value is -0.610. The lowest BCUT2D eigenvalue weighted by molar-refractivity contribution is -0.137. The highest BCUT2D eigenvalue weighted by molar-refractivity contribution is 5.66. The molecule has 0 spiro atoms. The first-order chi connectivity index (χ1) is 7.59. The van der Waals surface area contributed by atoms with Crippen LogP contribution < -0.4 is 0 Å². The molecule has 0 saturated carbocycles. The summed E-state index contributed by atoms with van der Waals surface area (Å²) < 4.78 is 0. The number of carboxylic acid groups (broad SMARTS) is 1. The van der Waals surface area contributed by atoms with Crippen molar-refractivity contribution in [2.75, 3.05) is 33.2 Å². The molecule has 0 radical (unpaired) electrons. The number of carboxylic acids is 1. The van der Waals surface area contributed by atoms with Gasteiger partial charge in [-0.3, -0.25) is 4.79 Å². The van der Waals surface area contributed by atoms with E-state index in [2.05, 4.69) is 23.8 Å². The van der Waals surface area contributed by atoms with Gasteiger partial charge in [0.05, 0.1) is 0 Å². The van der Waals surface area contributed by atoms with Gasteiger partial charge in [-0.25, -0.2) is 0 Å². The number of likely N-dealkylation sites (tertiary alicyclic amines) is 1. The average molecular weight is 228 g/mol. The van der Waals surface area contributed by atoms with E-state index in [1.54, 1.807) is 0 Å². The number of nitrogens with zero attached hydrogens (tertiary/aromatic N) is 2. The molecule has 94 valence electrons. The summed E-state index contributed by atoms with van der Waals surface area (Å²) in [5.41, 5.74) is 0. The van der Waals surface area contributed by atoms with Crippen molar-refractivity contribution in [2.45, 2.75) is 38.6 Å². The Labute approximate surface area is 98.2 Å². The Morgan fingerprint density at radius 3 is 2.62 bits per heavy atom. The summed E-state index contributed by atoms with van der Waals surface area (Å²) in [7, 11) is 2.09. The molecule has 0 aromatic heterocycles. The molecule has 1 aliphatic rings. The third-order valence-corrected chi connectivity index (χ3v) is 3.50. The van der Waals surface area contributed by atoms with E-state index in [0.29, 0.717) is 6.04 Å². The summed E-state index contributed by atoms with van der Waals surface area (Å²) in [6.45, 7) is 6.73. The van der Waals surface area contributed by atoms with E-state index in [0.717, 1.165) is 19.5 Å². The minimum Gasteiger partial charge on any atom is -0.481 e. The van der Waals surface area contributed by atoms with Crippen LogP contribution in [0.5, 0.6) is 0 Å². The van der Waals surface area contributed by atoms with E-state index >= 15 is 0 Å². The third-order valence-electron chi connectivity index (χ3n) is 3.50. The number of aliphatic carboxylic acids is 1. The molecule has 0 aromatic rings. The van der Waals surface area contributed by atoms with Crippen LogP contribution in [-0.4, -0.2) is 60.1 Å². The topological polar surface area (TPSA) is 43.8 Å². The molecule has 1 N–H and O–H groups in total. The summed E-state index contributed by atoms with van der Waals surface area (Å²) in [5.74, 6) is -0.695. The quantitative estimate of drug-likeness (QED) is 0.712. The monoisotopic (exact) mass is 228 g/mol. The molecule has 0 amide bonds. The molecule has 16 heavy (non-hydrogen) atoms. The van der Waals surface area contributed by atoms with E-state index in [1.165, 1.54) is 25.9 Å². The molecule has 0 aromatic carbocycles. The van der Waals surface area contributed by atoms with Crippen molar-refractivity contribution in [1.29, 1.82) is 0 Å². The van der Waals surface area contributed by atoms with Crippen molar-refractivity contribution in [2.24, 2.45) is 0 Å². The summed E-state index contributed by atoms with van der Waals surface area (Å²) in [4.78, 5) is 15.2. The molecule has 4 nitrogen and oxygen atoms in total. The van der Waals surface area contributed by atoms with Crippen LogP contribution in [0.15, 0.2) is 0 Å². The van der Waals surface area contributed by atoms with Crippen molar-refractivity contribution in [3.8, 4) is 0 Å². The zero-order chi connectivity index (χ0) is 12.0. The molecule has 1 atom stereocenters. The average Bonchev–Trinajstić information content (AvgIpc) is 2.75. The van der Waals surface area contributed by atoms with Crippen LogP contribution in [0.4, 0.5) is 0 Å². The van der Waals surface area contributed by atoms with Crippen LogP contribution in [0.3, 0.4) is 0 Å². The lowest BCUT2D eigenvalue weighted by Crippen LogP contribution is -2.36. The van der Waals surface area contributed by atoms with Crippen LogP contribution in [0.1, 0.15) is 32.6 Å². The maximum Gasteiger partial charge on any atom is 0.303 e. The first-order valence-electron chi connectivity index (χ1n) is 6.24. The largest absolute Gasteiger partial charge is 0.481 e. The molecule has 1 saturated heterocycles.